The molecular formula is C13H20BrN3. The number of nitrogens with zero attached hydrogens (tertiary/aromatic N) is 1. The van der Waals surface area contributed by atoms with E-state index < -0.39 is 0 Å². The molecule has 4 heteroatoms. The van der Waals surface area contributed by atoms with Crippen LogP contribution >= 0.6 is 15.9 Å². The Kier molecular flexibility index (Phi) is 4.83. The maximum absolute atomic E-state index is 3.56. The second-order valence-corrected chi connectivity index (χ2v) is 5.55. The Morgan fingerprint density at radius 2 is 2.41 bits per heavy atom. The Morgan fingerprint density at radius 1 is 1.53 bits per heavy atom. The third-order valence-electron chi connectivity index (χ3n) is 3.11. The molecule has 1 saturated heterocycles. The number of piperazine rings is 1. The van der Waals surface area contributed by atoms with Crippen molar-refractivity contribution in [1.82, 2.24) is 10.2 Å². The molecule has 0 aliphatic carbocycles. The third kappa shape index (κ3) is 4.30. The van der Waals surface area contributed by atoms with Gasteiger partial charge in [0, 0.05) is 42.4 Å². The summed E-state index contributed by atoms with van der Waals surface area (Å²) in [6.07, 6.45) is 1.16. The lowest BCUT2D eigenvalue weighted by molar-refractivity contribution is 0.234. The highest BCUT2D eigenvalue weighted by Crippen LogP contribution is 2.15. The maximum Gasteiger partial charge on any atom is 0.0351 e. The SMILES string of the molecule is CN1CCNC(CCNc2cccc(Br)c2)C1. The highest BCUT2D eigenvalue weighted by molar-refractivity contribution is 9.10. The molecule has 1 aliphatic rings. The van der Waals surface area contributed by atoms with Crippen LogP contribution < -0.4 is 10.6 Å². The minimum absolute atomic E-state index is 0.619. The molecule has 1 atom stereocenters. The molecule has 1 heterocycles. The molecule has 0 radical (unpaired) electrons. The van der Waals surface area contributed by atoms with Gasteiger partial charge in [-0.3, -0.25) is 0 Å². The maximum atomic E-state index is 3.56. The van der Waals surface area contributed by atoms with Gasteiger partial charge in [-0.1, -0.05) is 22.0 Å². The summed E-state index contributed by atoms with van der Waals surface area (Å²) >= 11 is 3.48. The standard InChI is InChI=1S/C13H20BrN3/c1-17-8-7-16-13(10-17)5-6-15-12-4-2-3-11(14)9-12/h2-4,9,13,15-16H,5-8,10H2,1H3. The zero-order valence-electron chi connectivity index (χ0n) is 10.2. The first-order valence-corrected chi connectivity index (χ1v) is 6.95. The van der Waals surface area contributed by atoms with Gasteiger partial charge in [-0.15, -0.1) is 0 Å². The lowest BCUT2D eigenvalue weighted by Gasteiger charge is -2.31. The molecule has 17 heavy (non-hydrogen) atoms. The molecule has 94 valence electrons. The monoisotopic (exact) mass is 297 g/mol. The van der Waals surface area contributed by atoms with Crippen molar-refractivity contribution < 1.29 is 0 Å². The van der Waals surface area contributed by atoms with Crippen molar-refractivity contribution in [3.8, 4) is 0 Å². The van der Waals surface area contributed by atoms with Gasteiger partial charge < -0.3 is 15.5 Å². The number of anilines is 1. The highest BCUT2D eigenvalue weighted by atomic mass is 79.9. The van der Waals surface area contributed by atoms with Gasteiger partial charge in [0.05, 0.1) is 0 Å². The molecule has 0 amide bonds. The molecule has 1 unspecified atom stereocenters. The predicted octanol–water partition coefficient (Wildman–Crippen LogP) is 2.15. The minimum atomic E-state index is 0.619. The minimum Gasteiger partial charge on any atom is -0.385 e. The van der Waals surface area contributed by atoms with Crippen LogP contribution in [0.1, 0.15) is 6.42 Å². The van der Waals surface area contributed by atoms with Crippen molar-refractivity contribution in [2.24, 2.45) is 0 Å². The van der Waals surface area contributed by atoms with E-state index in [1.807, 2.05) is 6.07 Å². The number of benzene rings is 1. The van der Waals surface area contributed by atoms with E-state index in [-0.39, 0.29) is 0 Å². The second kappa shape index (κ2) is 6.38. The Labute approximate surface area is 112 Å². The summed E-state index contributed by atoms with van der Waals surface area (Å²) in [5, 5.41) is 7.02. The molecular weight excluding hydrogens is 278 g/mol. The van der Waals surface area contributed by atoms with E-state index in [4.69, 9.17) is 0 Å². The number of hydrogen-bond donors (Lipinski definition) is 2. The van der Waals surface area contributed by atoms with E-state index in [1.165, 1.54) is 5.69 Å². The van der Waals surface area contributed by atoms with Gasteiger partial charge in [0.15, 0.2) is 0 Å². The predicted molar refractivity (Wildman–Crippen MR) is 76.5 cm³/mol. The van der Waals surface area contributed by atoms with Crippen LogP contribution in [-0.2, 0) is 0 Å². The van der Waals surface area contributed by atoms with Gasteiger partial charge in [0.2, 0.25) is 0 Å². The molecule has 3 nitrogen and oxygen atoms in total. The summed E-state index contributed by atoms with van der Waals surface area (Å²) in [7, 11) is 2.19. The zero-order chi connectivity index (χ0) is 12.1. The number of likely N-dealkylation sites (N-methyl/N-ethyl adjacent to an activating group) is 1. The molecule has 0 aromatic heterocycles. The summed E-state index contributed by atoms with van der Waals surface area (Å²) in [5.74, 6) is 0. The fraction of sp³-hybridized carbons (Fsp3) is 0.538. The number of rotatable bonds is 4. The molecule has 0 spiro atoms. The van der Waals surface area contributed by atoms with E-state index >= 15 is 0 Å². The van der Waals surface area contributed by atoms with Crippen molar-refractivity contribution >= 4 is 21.6 Å². The van der Waals surface area contributed by atoms with Gasteiger partial charge in [0.1, 0.15) is 0 Å². The molecule has 2 N–H and O–H groups in total. The Morgan fingerprint density at radius 3 is 3.18 bits per heavy atom. The van der Waals surface area contributed by atoms with E-state index in [0.29, 0.717) is 6.04 Å². The fourth-order valence-corrected chi connectivity index (χ4v) is 2.57. The Balaban J connectivity index is 1.72. The Hall–Kier alpha value is -0.580. The number of halogens is 1. The van der Waals surface area contributed by atoms with Crippen LogP contribution in [0.15, 0.2) is 28.7 Å². The largest absolute Gasteiger partial charge is 0.385 e. The van der Waals surface area contributed by atoms with E-state index in [2.05, 4.69) is 56.7 Å². The molecule has 1 fully saturated rings. The van der Waals surface area contributed by atoms with Crippen LogP contribution in [-0.4, -0.2) is 44.2 Å². The quantitative estimate of drug-likeness (QED) is 0.892. The molecule has 0 saturated carbocycles. The van der Waals surface area contributed by atoms with E-state index in [1.54, 1.807) is 0 Å². The van der Waals surface area contributed by atoms with Crippen molar-refractivity contribution in [3.05, 3.63) is 28.7 Å². The van der Waals surface area contributed by atoms with Crippen LogP contribution in [0.2, 0.25) is 0 Å². The van der Waals surface area contributed by atoms with Crippen molar-refractivity contribution in [1.29, 1.82) is 0 Å². The summed E-state index contributed by atoms with van der Waals surface area (Å²) in [6, 6.07) is 8.93. The third-order valence-corrected chi connectivity index (χ3v) is 3.60. The molecule has 1 aromatic rings. The number of nitrogens with one attached hydrogen (secondary N) is 2. The highest BCUT2D eigenvalue weighted by Gasteiger charge is 2.15. The van der Waals surface area contributed by atoms with Crippen molar-refractivity contribution in [2.75, 3.05) is 38.5 Å². The second-order valence-electron chi connectivity index (χ2n) is 4.64. The van der Waals surface area contributed by atoms with Crippen molar-refractivity contribution in [2.45, 2.75) is 12.5 Å². The first-order valence-electron chi connectivity index (χ1n) is 6.15. The molecule has 1 aliphatic heterocycles. The summed E-state index contributed by atoms with van der Waals surface area (Å²) in [4.78, 5) is 2.39. The van der Waals surface area contributed by atoms with Gasteiger partial charge in [-0.2, -0.15) is 0 Å². The Bertz CT molecular complexity index is 356. The van der Waals surface area contributed by atoms with Crippen molar-refractivity contribution in [3.63, 3.8) is 0 Å². The topological polar surface area (TPSA) is 27.3 Å². The average Bonchev–Trinajstić information content (AvgIpc) is 2.29. The van der Waals surface area contributed by atoms with Crippen LogP contribution in [0.25, 0.3) is 0 Å². The average molecular weight is 298 g/mol. The van der Waals surface area contributed by atoms with Crippen LogP contribution in [0.3, 0.4) is 0 Å². The van der Waals surface area contributed by atoms with E-state index in [0.717, 1.165) is 37.1 Å². The fourth-order valence-electron chi connectivity index (χ4n) is 2.17. The molecule has 2 rings (SSSR count). The first-order chi connectivity index (χ1) is 8.24. The lowest BCUT2D eigenvalue weighted by Crippen LogP contribution is -2.49. The smallest absolute Gasteiger partial charge is 0.0351 e. The summed E-state index contributed by atoms with van der Waals surface area (Å²) in [5.41, 5.74) is 1.18. The lowest BCUT2D eigenvalue weighted by atomic mass is 10.1. The summed E-state index contributed by atoms with van der Waals surface area (Å²) in [6.45, 7) is 4.44. The van der Waals surface area contributed by atoms with Gasteiger partial charge >= 0.3 is 0 Å². The normalized spacial score (nSPS) is 21.4. The first kappa shape index (κ1) is 12.9. The molecule has 1 aromatic carbocycles. The number of hydrogen-bond acceptors (Lipinski definition) is 3. The zero-order valence-corrected chi connectivity index (χ0v) is 11.8. The molecule has 0 bridgehead atoms. The van der Waals surface area contributed by atoms with Crippen LogP contribution in [0, 0.1) is 0 Å². The van der Waals surface area contributed by atoms with E-state index in [9.17, 15) is 0 Å². The van der Waals surface area contributed by atoms with Crippen LogP contribution in [0.4, 0.5) is 5.69 Å². The van der Waals surface area contributed by atoms with Gasteiger partial charge in [0.25, 0.3) is 0 Å². The van der Waals surface area contributed by atoms with Gasteiger partial charge in [-0.05, 0) is 31.7 Å². The van der Waals surface area contributed by atoms with Gasteiger partial charge in [-0.25, -0.2) is 0 Å². The summed E-state index contributed by atoms with van der Waals surface area (Å²) < 4.78 is 1.12. The van der Waals surface area contributed by atoms with Crippen LogP contribution in [0.5, 0.6) is 0 Å².